The molecular formula is C20H22Cl2O5. The van der Waals surface area contributed by atoms with Gasteiger partial charge in [-0.05, 0) is 55.7 Å². The fourth-order valence-electron chi connectivity index (χ4n) is 2.57. The van der Waals surface area contributed by atoms with Gasteiger partial charge in [0.1, 0.15) is 19.0 Å². The zero-order valence-electron chi connectivity index (χ0n) is 15.1. The fraction of sp³-hybridized carbons (Fsp3) is 0.350. The third kappa shape index (κ3) is 6.31. The van der Waals surface area contributed by atoms with Crippen molar-refractivity contribution < 1.29 is 24.5 Å². The zero-order chi connectivity index (χ0) is 20.0. The van der Waals surface area contributed by atoms with Crippen LogP contribution in [0.4, 0.5) is 0 Å². The lowest BCUT2D eigenvalue weighted by atomic mass is 9.95. The molecule has 146 valence electrons. The van der Waals surface area contributed by atoms with Gasteiger partial charge in [0, 0.05) is 0 Å². The summed E-state index contributed by atoms with van der Waals surface area (Å²) in [6.07, 6.45) is -0.670. The quantitative estimate of drug-likeness (QED) is 0.597. The minimum atomic E-state index is -1.02. The molecule has 27 heavy (non-hydrogen) atoms. The average Bonchev–Trinajstić information content (AvgIpc) is 2.58. The van der Waals surface area contributed by atoms with Gasteiger partial charge in [-0.3, -0.25) is 4.79 Å². The molecule has 0 aliphatic rings. The summed E-state index contributed by atoms with van der Waals surface area (Å²) < 4.78 is 11.2. The molecule has 0 aliphatic heterocycles. The summed E-state index contributed by atoms with van der Waals surface area (Å²) in [6.45, 7) is 3.94. The van der Waals surface area contributed by atoms with Gasteiger partial charge in [0.15, 0.2) is 5.75 Å². The highest BCUT2D eigenvalue weighted by Crippen LogP contribution is 2.33. The van der Waals surface area contributed by atoms with Crippen LogP contribution in [-0.2, 0) is 11.2 Å². The first kappa shape index (κ1) is 21.4. The van der Waals surface area contributed by atoms with E-state index in [4.69, 9.17) is 37.8 Å². The predicted octanol–water partition coefficient (Wildman–Crippen LogP) is 4.38. The molecule has 2 atom stereocenters. The maximum atomic E-state index is 11.2. The molecule has 0 saturated heterocycles. The predicted molar refractivity (Wildman–Crippen MR) is 105 cm³/mol. The number of aliphatic hydroxyl groups is 1. The van der Waals surface area contributed by atoms with Crippen LogP contribution in [-0.4, -0.2) is 35.5 Å². The molecule has 0 radical (unpaired) electrons. The summed E-state index contributed by atoms with van der Waals surface area (Å²) in [5, 5.41) is 19.6. The third-order valence-electron chi connectivity index (χ3n) is 4.02. The van der Waals surface area contributed by atoms with Crippen molar-refractivity contribution in [2.75, 3.05) is 13.2 Å². The van der Waals surface area contributed by atoms with E-state index >= 15 is 0 Å². The van der Waals surface area contributed by atoms with Gasteiger partial charge in [0.05, 0.1) is 22.1 Å². The Bertz CT molecular complexity index is 751. The van der Waals surface area contributed by atoms with Crippen LogP contribution >= 0.6 is 23.2 Å². The molecule has 7 heteroatoms. The Morgan fingerprint density at radius 1 is 1.07 bits per heavy atom. The van der Waals surface area contributed by atoms with Crippen molar-refractivity contribution in [1.29, 1.82) is 0 Å². The Morgan fingerprint density at radius 3 is 2.15 bits per heavy atom. The summed E-state index contributed by atoms with van der Waals surface area (Å²) in [6, 6.07) is 10.6. The highest BCUT2D eigenvalue weighted by atomic mass is 35.5. The standard InChI is InChI=1S/C20H22Cl2O5/c1-12-9-17(21)19(18(22)10-12)27-8-7-26-15-5-3-14(4-6-15)11-16(13(2)23)20(24)25/h3-6,9-10,13,16,23H,7-8,11H2,1-2H3,(H,24,25). The van der Waals surface area contributed by atoms with E-state index in [1.54, 1.807) is 36.4 Å². The smallest absolute Gasteiger partial charge is 0.309 e. The number of benzene rings is 2. The molecule has 0 aliphatic carbocycles. The number of aliphatic carboxylic acids is 1. The second-order valence-corrected chi connectivity index (χ2v) is 7.10. The first-order valence-electron chi connectivity index (χ1n) is 8.49. The van der Waals surface area contributed by atoms with E-state index in [1.165, 1.54) is 6.92 Å². The van der Waals surface area contributed by atoms with Crippen molar-refractivity contribution in [2.24, 2.45) is 5.92 Å². The number of hydrogen-bond donors (Lipinski definition) is 2. The summed E-state index contributed by atoms with van der Waals surface area (Å²) in [5.74, 6) is -0.793. The molecule has 0 saturated carbocycles. The van der Waals surface area contributed by atoms with Gasteiger partial charge in [-0.15, -0.1) is 0 Å². The Kier molecular flexibility index (Phi) is 7.78. The Labute approximate surface area is 168 Å². The molecule has 2 aromatic carbocycles. The Balaban J connectivity index is 1.84. The SMILES string of the molecule is Cc1cc(Cl)c(OCCOc2ccc(CC(C(=O)O)C(C)O)cc2)c(Cl)c1. The highest BCUT2D eigenvalue weighted by Gasteiger charge is 2.23. The Morgan fingerprint density at radius 2 is 1.63 bits per heavy atom. The number of ether oxygens (including phenoxy) is 2. The fourth-order valence-corrected chi connectivity index (χ4v) is 3.27. The first-order valence-corrected chi connectivity index (χ1v) is 9.24. The van der Waals surface area contributed by atoms with Crippen LogP contribution in [0.15, 0.2) is 36.4 Å². The lowest BCUT2D eigenvalue weighted by molar-refractivity contribution is -0.145. The maximum Gasteiger partial charge on any atom is 0.309 e. The average molecular weight is 413 g/mol. The molecule has 2 N–H and O–H groups in total. The van der Waals surface area contributed by atoms with Crippen LogP contribution in [0, 0.1) is 12.8 Å². The van der Waals surface area contributed by atoms with E-state index in [0.717, 1.165) is 11.1 Å². The second kappa shape index (κ2) is 9.83. The van der Waals surface area contributed by atoms with Crippen molar-refractivity contribution in [3.63, 3.8) is 0 Å². The topological polar surface area (TPSA) is 76.0 Å². The first-order chi connectivity index (χ1) is 12.8. The minimum Gasteiger partial charge on any atom is -0.490 e. The van der Waals surface area contributed by atoms with Crippen molar-refractivity contribution >= 4 is 29.2 Å². The number of aryl methyl sites for hydroxylation is 1. The largest absolute Gasteiger partial charge is 0.490 e. The van der Waals surface area contributed by atoms with Crippen molar-refractivity contribution in [3.8, 4) is 11.5 Å². The molecule has 0 aromatic heterocycles. The summed E-state index contributed by atoms with van der Waals surface area (Å²) in [7, 11) is 0. The molecule has 0 bridgehead atoms. The lowest BCUT2D eigenvalue weighted by Crippen LogP contribution is -2.27. The normalized spacial score (nSPS) is 13.1. The number of carboxylic acids is 1. The number of rotatable bonds is 9. The summed E-state index contributed by atoms with van der Waals surface area (Å²) >= 11 is 12.2. The second-order valence-electron chi connectivity index (χ2n) is 6.29. The van der Waals surface area contributed by atoms with Crippen LogP contribution in [0.5, 0.6) is 11.5 Å². The van der Waals surface area contributed by atoms with Gasteiger partial charge in [-0.25, -0.2) is 0 Å². The van der Waals surface area contributed by atoms with Gasteiger partial charge >= 0.3 is 5.97 Å². The van der Waals surface area contributed by atoms with Crippen molar-refractivity contribution in [1.82, 2.24) is 0 Å². The number of aliphatic hydroxyl groups excluding tert-OH is 1. The van der Waals surface area contributed by atoms with Crippen LogP contribution in [0.25, 0.3) is 0 Å². The zero-order valence-corrected chi connectivity index (χ0v) is 16.6. The maximum absolute atomic E-state index is 11.2. The number of carboxylic acid groups (broad SMARTS) is 1. The molecule has 0 heterocycles. The number of carbonyl (C=O) groups is 1. The van der Waals surface area contributed by atoms with E-state index in [2.05, 4.69) is 0 Å². The van der Waals surface area contributed by atoms with Crippen LogP contribution in [0.1, 0.15) is 18.1 Å². The minimum absolute atomic E-state index is 0.251. The molecule has 5 nitrogen and oxygen atoms in total. The van der Waals surface area contributed by atoms with Gasteiger partial charge in [-0.2, -0.15) is 0 Å². The highest BCUT2D eigenvalue weighted by molar-refractivity contribution is 6.37. The number of halogens is 2. The third-order valence-corrected chi connectivity index (χ3v) is 4.58. The van der Waals surface area contributed by atoms with E-state index in [9.17, 15) is 9.90 Å². The van der Waals surface area contributed by atoms with E-state index in [-0.39, 0.29) is 13.0 Å². The van der Waals surface area contributed by atoms with Gasteiger partial charge in [0.25, 0.3) is 0 Å². The summed E-state index contributed by atoms with van der Waals surface area (Å²) in [5.41, 5.74) is 1.76. The van der Waals surface area contributed by atoms with Crippen LogP contribution in [0.2, 0.25) is 10.0 Å². The molecule has 2 rings (SSSR count). The molecule has 2 unspecified atom stereocenters. The van der Waals surface area contributed by atoms with Gasteiger partial charge < -0.3 is 19.7 Å². The van der Waals surface area contributed by atoms with Crippen molar-refractivity contribution in [3.05, 3.63) is 57.6 Å². The van der Waals surface area contributed by atoms with Crippen LogP contribution in [0.3, 0.4) is 0 Å². The monoisotopic (exact) mass is 412 g/mol. The van der Waals surface area contributed by atoms with Gasteiger partial charge in [-0.1, -0.05) is 35.3 Å². The lowest BCUT2D eigenvalue weighted by Gasteiger charge is -2.15. The van der Waals surface area contributed by atoms with Crippen molar-refractivity contribution in [2.45, 2.75) is 26.4 Å². The Hall–Kier alpha value is -1.95. The number of hydrogen-bond acceptors (Lipinski definition) is 4. The molecule has 0 amide bonds. The van der Waals surface area contributed by atoms with Crippen LogP contribution < -0.4 is 9.47 Å². The van der Waals surface area contributed by atoms with E-state index in [0.29, 0.717) is 28.2 Å². The molecule has 0 spiro atoms. The van der Waals surface area contributed by atoms with E-state index in [1.807, 2.05) is 6.92 Å². The van der Waals surface area contributed by atoms with Gasteiger partial charge in [0.2, 0.25) is 0 Å². The molecule has 0 fully saturated rings. The van der Waals surface area contributed by atoms with E-state index < -0.39 is 18.0 Å². The molecule has 2 aromatic rings. The molecular weight excluding hydrogens is 391 g/mol. The summed E-state index contributed by atoms with van der Waals surface area (Å²) in [4.78, 5) is 11.2.